The Morgan fingerprint density at radius 1 is 1.44 bits per heavy atom. The van der Waals surface area contributed by atoms with E-state index in [1.807, 2.05) is 0 Å². The van der Waals surface area contributed by atoms with Crippen LogP contribution in [-0.4, -0.2) is 17.1 Å². The molecule has 1 saturated carbocycles. The molecule has 2 atom stereocenters. The summed E-state index contributed by atoms with van der Waals surface area (Å²) in [6, 6.07) is 3.98. The number of rotatable bonds is 3. The highest BCUT2D eigenvalue weighted by molar-refractivity contribution is 6.30. The summed E-state index contributed by atoms with van der Waals surface area (Å²) < 4.78 is 13.0. The van der Waals surface area contributed by atoms with Gasteiger partial charge in [0.1, 0.15) is 5.82 Å². The molecule has 2 N–H and O–H groups in total. The van der Waals surface area contributed by atoms with Gasteiger partial charge in [-0.15, -0.1) is 0 Å². The molecule has 0 radical (unpaired) electrons. The summed E-state index contributed by atoms with van der Waals surface area (Å²) in [5.41, 5.74) is 0.529. The first-order valence-corrected chi connectivity index (χ1v) is 5.39. The third-order valence-electron chi connectivity index (χ3n) is 2.81. The second-order valence-electron chi connectivity index (χ2n) is 3.93. The fraction of sp³-hybridized carbons (Fsp3) is 0.364. The zero-order valence-electron chi connectivity index (χ0n) is 8.41. The normalized spacial score (nSPS) is 23.6. The SMILES string of the molecule is O=C(O)C1CCC1Nc1cc(F)cc(Cl)c1. The van der Waals surface area contributed by atoms with Gasteiger partial charge in [-0.05, 0) is 31.0 Å². The monoisotopic (exact) mass is 243 g/mol. The van der Waals surface area contributed by atoms with Crippen molar-refractivity contribution >= 4 is 23.3 Å². The molecule has 5 heteroatoms. The van der Waals surface area contributed by atoms with Gasteiger partial charge < -0.3 is 10.4 Å². The first-order valence-electron chi connectivity index (χ1n) is 5.01. The predicted molar refractivity (Wildman–Crippen MR) is 59.2 cm³/mol. The Bertz CT molecular complexity index is 404. The Morgan fingerprint density at radius 2 is 2.19 bits per heavy atom. The van der Waals surface area contributed by atoms with Crippen molar-refractivity contribution in [3.63, 3.8) is 0 Å². The average Bonchev–Trinajstić information content (AvgIpc) is 2.09. The van der Waals surface area contributed by atoms with Crippen LogP contribution in [0.15, 0.2) is 18.2 Å². The van der Waals surface area contributed by atoms with Gasteiger partial charge >= 0.3 is 5.97 Å². The minimum Gasteiger partial charge on any atom is -0.481 e. The van der Waals surface area contributed by atoms with E-state index in [1.165, 1.54) is 12.1 Å². The average molecular weight is 244 g/mol. The molecule has 1 aromatic rings. The van der Waals surface area contributed by atoms with E-state index in [4.69, 9.17) is 16.7 Å². The van der Waals surface area contributed by atoms with E-state index in [-0.39, 0.29) is 12.0 Å². The molecule has 3 nitrogen and oxygen atoms in total. The number of hydrogen-bond acceptors (Lipinski definition) is 2. The maximum Gasteiger partial charge on any atom is 0.308 e. The van der Waals surface area contributed by atoms with Crippen molar-refractivity contribution in [3.05, 3.63) is 29.0 Å². The molecular formula is C11H11ClFNO2. The lowest BCUT2D eigenvalue weighted by Crippen LogP contribution is -2.43. The van der Waals surface area contributed by atoms with Crippen molar-refractivity contribution in [2.45, 2.75) is 18.9 Å². The van der Waals surface area contributed by atoms with Crippen LogP contribution in [0.5, 0.6) is 0 Å². The Morgan fingerprint density at radius 3 is 2.69 bits per heavy atom. The zero-order valence-corrected chi connectivity index (χ0v) is 9.17. The first-order chi connectivity index (χ1) is 7.56. The van der Waals surface area contributed by atoms with E-state index in [0.29, 0.717) is 17.1 Å². The fourth-order valence-electron chi connectivity index (χ4n) is 1.82. The maximum absolute atomic E-state index is 13.0. The van der Waals surface area contributed by atoms with Crippen LogP contribution in [0, 0.1) is 11.7 Å². The summed E-state index contributed by atoms with van der Waals surface area (Å²) >= 11 is 5.70. The molecular weight excluding hydrogens is 233 g/mol. The summed E-state index contributed by atoms with van der Waals surface area (Å²) in [4.78, 5) is 10.8. The lowest BCUT2D eigenvalue weighted by Gasteiger charge is -2.34. The Kier molecular flexibility index (Phi) is 3.01. The molecule has 0 bridgehead atoms. The first kappa shape index (κ1) is 11.2. The number of carboxylic acid groups (broad SMARTS) is 1. The van der Waals surface area contributed by atoms with Crippen LogP contribution >= 0.6 is 11.6 Å². The maximum atomic E-state index is 13.0. The molecule has 0 spiro atoms. The van der Waals surface area contributed by atoms with Gasteiger partial charge in [0, 0.05) is 16.8 Å². The largest absolute Gasteiger partial charge is 0.481 e. The number of halogens is 2. The van der Waals surface area contributed by atoms with Crippen LogP contribution in [0.2, 0.25) is 5.02 Å². The molecule has 1 aliphatic rings. The summed E-state index contributed by atoms with van der Waals surface area (Å²) in [7, 11) is 0. The Balaban J connectivity index is 2.07. The van der Waals surface area contributed by atoms with E-state index in [2.05, 4.69) is 5.32 Å². The smallest absolute Gasteiger partial charge is 0.308 e. The molecule has 0 amide bonds. The number of benzene rings is 1. The Hall–Kier alpha value is -1.29. The van der Waals surface area contributed by atoms with Crippen LogP contribution in [0.1, 0.15) is 12.8 Å². The van der Waals surface area contributed by atoms with Gasteiger partial charge in [0.25, 0.3) is 0 Å². The van der Waals surface area contributed by atoms with Gasteiger partial charge in [-0.1, -0.05) is 11.6 Å². The van der Waals surface area contributed by atoms with Crippen molar-refractivity contribution in [3.8, 4) is 0 Å². The van der Waals surface area contributed by atoms with Crippen molar-refractivity contribution < 1.29 is 14.3 Å². The van der Waals surface area contributed by atoms with E-state index in [0.717, 1.165) is 6.42 Å². The van der Waals surface area contributed by atoms with Crippen molar-refractivity contribution in [2.24, 2.45) is 5.92 Å². The van der Waals surface area contributed by atoms with E-state index < -0.39 is 11.8 Å². The third kappa shape index (κ3) is 2.27. The number of hydrogen-bond donors (Lipinski definition) is 2. The second kappa shape index (κ2) is 4.29. The summed E-state index contributed by atoms with van der Waals surface area (Å²) in [6.45, 7) is 0. The fourth-order valence-corrected chi connectivity index (χ4v) is 2.04. The van der Waals surface area contributed by atoms with Crippen LogP contribution in [-0.2, 0) is 4.79 Å². The van der Waals surface area contributed by atoms with Crippen LogP contribution in [0.25, 0.3) is 0 Å². The molecule has 2 rings (SSSR count). The molecule has 1 fully saturated rings. The zero-order chi connectivity index (χ0) is 11.7. The molecule has 0 aromatic heterocycles. The Labute approximate surface area is 97.2 Å². The van der Waals surface area contributed by atoms with Gasteiger partial charge in [-0.3, -0.25) is 4.79 Å². The van der Waals surface area contributed by atoms with E-state index >= 15 is 0 Å². The van der Waals surface area contributed by atoms with Gasteiger partial charge in [-0.2, -0.15) is 0 Å². The highest BCUT2D eigenvalue weighted by Crippen LogP contribution is 2.31. The molecule has 0 saturated heterocycles. The molecule has 0 aliphatic heterocycles. The van der Waals surface area contributed by atoms with Crippen LogP contribution in [0.3, 0.4) is 0 Å². The number of carboxylic acids is 1. The lowest BCUT2D eigenvalue weighted by molar-refractivity contribution is -0.144. The van der Waals surface area contributed by atoms with E-state index in [1.54, 1.807) is 6.07 Å². The third-order valence-corrected chi connectivity index (χ3v) is 3.02. The standard InChI is InChI=1S/C11H11ClFNO2/c12-6-3-7(13)5-8(4-6)14-10-2-1-9(10)11(15)16/h3-5,9-10,14H,1-2H2,(H,15,16). The van der Waals surface area contributed by atoms with E-state index in [9.17, 15) is 9.18 Å². The minimum atomic E-state index is -0.814. The summed E-state index contributed by atoms with van der Waals surface area (Å²) in [5.74, 6) is -1.63. The predicted octanol–water partition coefficient (Wildman–Crippen LogP) is 2.75. The lowest BCUT2D eigenvalue weighted by atomic mass is 9.79. The van der Waals surface area contributed by atoms with Crippen LogP contribution in [0.4, 0.5) is 10.1 Å². The summed E-state index contributed by atoms with van der Waals surface area (Å²) in [6.07, 6.45) is 1.45. The summed E-state index contributed by atoms with van der Waals surface area (Å²) in [5, 5.41) is 12.1. The van der Waals surface area contributed by atoms with Gasteiger partial charge in [-0.25, -0.2) is 4.39 Å². The van der Waals surface area contributed by atoms with Crippen molar-refractivity contribution in [1.82, 2.24) is 0 Å². The second-order valence-corrected chi connectivity index (χ2v) is 4.37. The number of aliphatic carboxylic acids is 1. The molecule has 1 aromatic carbocycles. The highest BCUT2D eigenvalue weighted by atomic mass is 35.5. The number of anilines is 1. The number of carbonyl (C=O) groups is 1. The molecule has 86 valence electrons. The quantitative estimate of drug-likeness (QED) is 0.858. The van der Waals surface area contributed by atoms with Crippen molar-refractivity contribution in [2.75, 3.05) is 5.32 Å². The topological polar surface area (TPSA) is 49.3 Å². The van der Waals surface area contributed by atoms with Crippen LogP contribution < -0.4 is 5.32 Å². The molecule has 0 heterocycles. The minimum absolute atomic E-state index is 0.129. The molecule has 2 unspecified atom stereocenters. The van der Waals surface area contributed by atoms with Crippen molar-refractivity contribution in [1.29, 1.82) is 0 Å². The number of nitrogens with one attached hydrogen (secondary N) is 1. The van der Waals surface area contributed by atoms with Gasteiger partial charge in [0.15, 0.2) is 0 Å². The van der Waals surface area contributed by atoms with Gasteiger partial charge in [0.2, 0.25) is 0 Å². The highest BCUT2D eigenvalue weighted by Gasteiger charge is 2.36. The van der Waals surface area contributed by atoms with Gasteiger partial charge in [0.05, 0.1) is 5.92 Å². The molecule has 1 aliphatic carbocycles. The molecule has 16 heavy (non-hydrogen) atoms.